The molecule has 1 amide bonds. The van der Waals surface area contributed by atoms with Gasteiger partial charge in [0.2, 0.25) is 0 Å². The molecule has 30 heavy (non-hydrogen) atoms. The van der Waals surface area contributed by atoms with Crippen LogP contribution in [0.4, 0.5) is 0 Å². The summed E-state index contributed by atoms with van der Waals surface area (Å²) in [5.41, 5.74) is 1.99. The molecule has 162 valence electrons. The first kappa shape index (κ1) is 23.6. The third-order valence-electron chi connectivity index (χ3n) is 5.03. The van der Waals surface area contributed by atoms with Crippen molar-refractivity contribution >= 4 is 29.3 Å². The number of Topliss-reactive ketones (excluding diaryl/α,β-unsaturated/α-hetero) is 1. The molecule has 0 aliphatic heterocycles. The fourth-order valence-corrected chi connectivity index (χ4v) is 3.63. The van der Waals surface area contributed by atoms with Crippen LogP contribution in [-0.4, -0.2) is 61.0 Å². The summed E-state index contributed by atoms with van der Waals surface area (Å²) >= 11 is 6.22. The van der Waals surface area contributed by atoms with E-state index in [2.05, 4.69) is 4.98 Å². The lowest BCUT2D eigenvalue weighted by Crippen LogP contribution is -2.44. The lowest BCUT2D eigenvalue weighted by atomic mass is 9.99. The third-order valence-corrected chi connectivity index (χ3v) is 5.36. The van der Waals surface area contributed by atoms with Crippen molar-refractivity contribution < 1.29 is 23.9 Å². The van der Waals surface area contributed by atoms with Gasteiger partial charge in [-0.1, -0.05) is 23.7 Å². The molecule has 8 heteroatoms. The van der Waals surface area contributed by atoms with Crippen molar-refractivity contribution in [3.05, 3.63) is 57.4 Å². The Hall–Kier alpha value is -2.64. The van der Waals surface area contributed by atoms with Crippen LogP contribution in [-0.2, 0) is 9.47 Å². The van der Waals surface area contributed by atoms with Crippen molar-refractivity contribution in [3.63, 3.8) is 0 Å². The number of hydrogen-bond donors (Lipinski definition) is 1. The van der Waals surface area contributed by atoms with Gasteiger partial charge in [0.05, 0.1) is 23.7 Å². The molecule has 0 saturated carbocycles. The maximum Gasteiger partial charge on any atom is 0.354 e. The summed E-state index contributed by atoms with van der Waals surface area (Å²) in [6.07, 6.45) is 0.558. The highest BCUT2D eigenvalue weighted by atomic mass is 35.5. The number of hydrogen-bond acceptors (Lipinski definition) is 5. The van der Waals surface area contributed by atoms with Gasteiger partial charge < -0.3 is 19.4 Å². The van der Waals surface area contributed by atoms with Gasteiger partial charge in [-0.15, -0.1) is 0 Å². The van der Waals surface area contributed by atoms with Crippen LogP contribution in [0.1, 0.15) is 55.8 Å². The van der Waals surface area contributed by atoms with Crippen LogP contribution in [0.25, 0.3) is 0 Å². The molecule has 1 aromatic heterocycles. The summed E-state index contributed by atoms with van der Waals surface area (Å²) in [6.45, 7) is 5.83. The average molecular weight is 435 g/mol. The number of amides is 1. The van der Waals surface area contributed by atoms with Crippen molar-refractivity contribution in [3.8, 4) is 0 Å². The molecule has 1 heterocycles. The number of carbonyl (C=O) groups is 3. The van der Waals surface area contributed by atoms with Crippen molar-refractivity contribution in [1.29, 1.82) is 0 Å². The van der Waals surface area contributed by atoms with Gasteiger partial charge >= 0.3 is 5.97 Å². The quantitative estimate of drug-likeness (QED) is 0.368. The second-order valence-electron chi connectivity index (χ2n) is 6.98. The standard InChI is InChI=1S/C22H27ClN2O5/c1-13-18(14(2)24-19(13)22(28)30-5)20(26)15(3)25(11-8-12-29-4)21(27)16-9-6-7-10-17(16)23/h6-7,9-10,15,24H,8,11-12H2,1-5H3/t15-/m0/s1. The number of nitrogens with zero attached hydrogens (tertiary/aromatic N) is 1. The summed E-state index contributed by atoms with van der Waals surface area (Å²) in [7, 11) is 2.86. The van der Waals surface area contributed by atoms with Gasteiger partial charge in [0, 0.05) is 31.5 Å². The molecule has 0 saturated heterocycles. The molecule has 1 aromatic carbocycles. The van der Waals surface area contributed by atoms with E-state index in [-0.39, 0.29) is 17.4 Å². The maximum atomic E-state index is 13.4. The Morgan fingerprint density at radius 3 is 2.43 bits per heavy atom. The van der Waals surface area contributed by atoms with E-state index >= 15 is 0 Å². The topological polar surface area (TPSA) is 88.7 Å². The number of aromatic nitrogens is 1. The zero-order valence-corrected chi connectivity index (χ0v) is 18.6. The molecule has 0 spiro atoms. The zero-order valence-electron chi connectivity index (χ0n) is 17.9. The number of nitrogens with one attached hydrogen (secondary N) is 1. The molecule has 2 aromatic rings. The Kier molecular flexibility index (Phi) is 8.20. The summed E-state index contributed by atoms with van der Waals surface area (Å²) in [5.74, 6) is -1.16. The minimum Gasteiger partial charge on any atom is -0.464 e. The molecule has 1 N–H and O–H groups in total. The van der Waals surface area contributed by atoms with Crippen LogP contribution >= 0.6 is 11.6 Å². The molecular weight excluding hydrogens is 408 g/mol. The van der Waals surface area contributed by atoms with Gasteiger partial charge in [-0.25, -0.2) is 4.79 Å². The number of aromatic amines is 1. The number of halogens is 1. The Labute approximate surface area is 181 Å². The lowest BCUT2D eigenvalue weighted by molar-refractivity contribution is 0.0591. The second-order valence-corrected chi connectivity index (χ2v) is 7.39. The number of ketones is 1. The molecule has 1 atom stereocenters. The Morgan fingerprint density at radius 1 is 1.17 bits per heavy atom. The number of carbonyl (C=O) groups excluding carboxylic acids is 3. The van der Waals surface area contributed by atoms with Gasteiger partial charge in [-0.3, -0.25) is 9.59 Å². The molecule has 0 aliphatic rings. The van der Waals surface area contributed by atoms with Crippen LogP contribution in [0.5, 0.6) is 0 Å². The van der Waals surface area contributed by atoms with Crippen molar-refractivity contribution in [2.24, 2.45) is 0 Å². The Bertz CT molecular complexity index is 938. The van der Waals surface area contributed by atoms with Gasteiger partial charge in [-0.2, -0.15) is 0 Å². The smallest absolute Gasteiger partial charge is 0.354 e. The normalized spacial score (nSPS) is 11.8. The molecule has 0 radical (unpaired) electrons. The van der Waals surface area contributed by atoms with Gasteiger partial charge in [0.15, 0.2) is 5.78 Å². The van der Waals surface area contributed by atoms with Gasteiger partial charge in [0.25, 0.3) is 5.91 Å². The Balaban J connectivity index is 2.40. The largest absolute Gasteiger partial charge is 0.464 e. The number of esters is 1. The van der Waals surface area contributed by atoms with E-state index in [1.165, 1.54) is 12.0 Å². The summed E-state index contributed by atoms with van der Waals surface area (Å²) in [5, 5.41) is 0.320. The zero-order chi connectivity index (χ0) is 22.4. The van der Waals surface area contributed by atoms with E-state index in [0.29, 0.717) is 47.0 Å². The van der Waals surface area contributed by atoms with Crippen molar-refractivity contribution in [1.82, 2.24) is 9.88 Å². The Morgan fingerprint density at radius 2 is 1.83 bits per heavy atom. The first-order valence-corrected chi connectivity index (χ1v) is 9.98. The van der Waals surface area contributed by atoms with E-state index in [9.17, 15) is 14.4 Å². The predicted molar refractivity (Wildman–Crippen MR) is 114 cm³/mol. The number of H-pyrrole nitrogens is 1. The fourth-order valence-electron chi connectivity index (χ4n) is 3.42. The lowest BCUT2D eigenvalue weighted by Gasteiger charge is -2.29. The van der Waals surface area contributed by atoms with E-state index in [4.69, 9.17) is 21.1 Å². The molecule has 0 bridgehead atoms. The predicted octanol–water partition coefficient (Wildman–Crippen LogP) is 3.82. The molecule has 7 nitrogen and oxygen atoms in total. The summed E-state index contributed by atoms with van der Waals surface area (Å²) in [6, 6.07) is 5.96. The van der Waals surface area contributed by atoms with Crippen LogP contribution in [0.2, 0.25) is 5.02 Å². The highest BCUT2D eigenvalue weighted by molar-refractivity contribution is 6.33. The molecule has 0 fully saturated rings. The minimum absolute atomic E-state index is 0.230. The molecule has 0 unspecified atom stereocenters. The molecule has 0 aliphatic carbocycles. The van der Waals surface area contributed by atoms with Crippen LogP contribution in [0.15, 0.2) is 24.3 Å². The summed E-state index contributed by atoms with van der Waals surface area (Å²) in [4.78, 5) is 43.0. The number of aryl methyl sites for hydroxylation is 1. The van der Waals surface area contributed by atoms with Crippen LogP contribution in [0, 0.1) is 13.8 Å². The van der Waals surface area contributed by atoms with E-state index < -0.39 is 12.0 Å². The minimum atomic E-state index is -0.774. The third kappa shape index (κ3) is 4.91. The van der Waals surface area contributed by atoms with Gasteiger partial charge in [0.1, 0.15) is 5.69 Å². The average Bonchev–Trinajstić information content (AvgIpc) is 3.03. The fraction of sp³-hybridized carbons (Fsp3) is 0.409. The van der Waals surface area contributed by atoms with Crippen LogP contribution < -0.4 is 0 Å². The maximum absolute atomic E-state index is 13.4. The van der Waals surface area contributed by atoms with Crippen molar-refractivity contribution in [2.75, 3.05) is 27.4 Å². The van der Waals surface area contributed by atoms with Crippen LogP contribution in [0.3, 0.4) is 0 Å². The van der Waals surface area contributed by atoms with E-state index in [0.717, 1.165) is 0 Å². The summed E-state index contributed by atoms with van der Waals surface area (Å²) < 4.78 is 9.87. The van der Waals surface area contributed by atoms with Crippen molar-refractivity contribution in [2.45, 2.75) is 33.2 Å². The molecular formula is C22H27ClN2O5. The monoisotopic (exact) mass is 434 g/mol. The first-order valence-electron chi connectivity index (χ1n) is 9.60. The number of methoxy groups -OCH3 is 2. The first-order chi connectivity index (χ1) is 14.2. The SMILES string of the molecule is COCCCN(C(=O)c1ccccc1Cl)[C@@H](C)C(=O)c1c(C)[nH]c(C(=O)OC)c1C. The number of ether oxygens (including phenoxy) is 2. The second kappa shape index (κ2) is 10.4. The van der Waals surface area contributed by atoms with E-state index in [1.54, 1.807) is 52.1 Å². The molecule has 2 rings (SSSR count). The van der Waals surface area contributed by atoms with Gasteiger partial charge in [-0.05, 0) is 44.9 Å². The number of benzene rings is 1. The van der Waals surface area contributed by atoms with E-state index in [1.807, 2.05) is 0 Å². The number of rotatable bonds is 9. The highest BCUT2D eigenvalue weighted by Crippen LogP contribution is 2.24. The highest BCUT2D eigenvalue weighted by Gasteiger charge is 2.32.